The van der Waals surface area contributed by atoms with Gasteiger partial charge >= 0.3 is 0 Å². The highest BCUT2D eigenvalue weighted by molar-refractivity contribution is 5.85. The van der Waals surface area contributed by atoms with Gasteiger partial charge in [0, 0.05) is 26.3 Å². The van der Waals surface area contributed by atoms with E-state index in [0.717, 1.165) is 13.1 Å². The van der Waals surface area contributed by atoms with Crippen LogP contribution in [0.4, 0.5) is 0 Å². The number of carbonyl (C=O) groups is 1. The number of nitrogens with two attached hydrogens (primary N) is 1. The maximum atomic E-state index is 12.0. The van der Waals surface area contributed by atoms with Gasteiger partial charge in [-0.3, -0.25) is 10.2 Å². The number of nitrogens with zero attached hydrogens (tertiary/aromatic N) is 1. The Morgan fingerprint density at radius 3 is 2.31 bits per heavy atom. The van der Waals surface area contributed by atoms with Gasteiger partial charge in [-0.2, -0.15) is 0 Å². The molecule has 0 aromatic heterocycles. The molecule has 1 amide bonds. The van der Waals surface area contributed by atoms with E-state index in [0.29, 0.717) is 39.3 Å². The van der Waals surface area contributed by atoms with Crippen molar-refractivity contribution in [3.8, 4) is 0 Å². The lowest BCUT2D eigenvalue weighted by atomic mass is 9.91. The molecule has 2 saturated heterocycles. The zero-order chi connectivity index (χ0) is 11.4. The predicted octanol–water partition coefficient (Wildman–Crippen LogP) is -1.14. The van der Waals surface area contributed by atoms with Gasteiger partial charge < -0.3 is 15.2 Å². The smallest absolute Gasteiger partial charge is 0.254 e. The Bertz CT molecular complexity index is 248. The van der Waals surface area contributed by atoms with Crippen LogP contribution in [0.1, 0.15) is 12.8 Å². The molecule has 0 aromatic rings. The minimum absolute atomic E-state index is 0.0994. The summed E-state index contributed by atoms with van der Waals surface area (Å²) in [6.07, 6.45) is 1.17. The molecule has 2 aliphatic heterocycles. The van der Waals surface area contributed by atoms with Crippen molar-refractivity contribution in [2.24, 2.45) is 5.73 Å². The Morgan fingerprint density at radius 1 is 1.12 bits per heavy atom. The fourth-order valence-corrected chi connectivity index (χ4v) is 1.89. The number of amides is 1. The third-order valence-corrected chi connectivity index (χ3v) is 3.11. The molecule has 3 N–H and O–H groups in total. The molecule has 2 aliphatic rings. The molecule has 92 valence electrons. The SMILES string of the molecule is NC1(C(=O)NN2CCOCC2)CCOCC1. The summed E-state index contributed by atoms with van der Waals surface area (Å²) in [4.78, 5) is 12.0. The van der Waals surface area contributed by atoms with E-state index in [9.17, 15) is 4.79 Å². The van der Waals surface area contributed by atoms with Crippen LogP contribution in [0.5, 0.6) is 0 Å². The summed E-state index contributed by atoms with van der Waals surface area (Å²) in [5.41, 5.74) is 8.17. The van der Waals surface area contributed by atoms with Crippen molar-refractivity contribution in [3.63, 3.8) is 0 Å². The average molecular weight is 229 g/mol. The highest BCUT2D eigenvalue weighted by atomic mass is 16.5. The maximum absolute atomic E-state index is 12.0. The van der Waals surface area contributed by atoms with E-state index < -0.39 is 5.54 Å². The molecule has 0 unspecified atom stereocenters. The monoisotopic (exact) mass is 229 g/mol. The van der Waals surface area contributed by atoms with E-state index in [2.05, 4.69) is 5.43 Å². The lowest BCUT2D eigenvalue weighted by Crippen LogP contribution is -2.61. The molecule has 2 rings (SSSR count). The Morgan fingerprint density at radius 2 is 1.69 bits per heavy atom. The number of morpholine rings is 1. The normalized spacial score (nSPS) is 26.3. The zero-order valence-electron chi connectivity index (χ0n) is 9.41. The highest BCUT2D eigenvalue weighted by Crippen LogP contribution is 2.17. The second kappa shape index (κ2) is 5.09. The van der Waals surface area contributed by atoms with Crippen molar-refractivity contribution in [2.45, 2.75) is 18.4 Å². The van der Waals surface area contributed by atoms with E-state index in [1.165, 1.54) is 0 Å². The first-order valence-corrected chi connectivity index (χ1v) is 5.71. The van der Waals surface area contributed by atoms with Gasteiger partial charge in [0.05, 0.1) is 13.2 Å². The molecule has 6 nitrogen and oxygen atoms in total. The quantitative estimate of drug-likeness (QED) is 0.626. The molecule has 0 bridgehead atoms. The van der Waals surface area contributed by atoms with E-state index in [-0.39, 0.29) is 5.91 Å². The Balaban J connectivity index is 1.85. The first kappa shape index (κ1) is 11.8. The van der Waals surface area contributed by atoms with Crippen molar-refractivity contribution in [3.05, 3.63) is 0 Å². The molecule has 2 heterocycles. The number of nitrogens with one attached hydrogen (secondary N) is 1. The lowest BCUT2D eigenvalue weighted by Gasteiger charge is -2.35. The first-order chi connectivity index (χ1) is 7.71. The molecule has 0 spiro atoms. The zero-order valence-corrected chi connectivity index (χ0v) is 9.41. The second-order valence-corrected chi connectivity index (χ2v) is 4.31. The highest BCUT2D eigenvalue weighted by Gasteiger charge is 2.36. The minimum atomic E-state index is -0.767. The van der Waals surface area contributed by atoms with Gasteiger partial charge in [-0.25, -0.2) is 5.01 Å². The summed E-state index contributed by atoms with van der Waals surface area (Å²) >= 11 is 0. The molecule has 0 atom stereocenters. The van der Waals surface area contributed by atoms with Crippen molar-refractivity contribution in [1.29, 1.82) is 0 Å². The number of hydrogen-bond donors (Lipinski definition) is 2. The topological polar surface area (TPSA) is 76.8 Å². The van der Waals surface area contributed by atoms with Crippen LogP contribution in [0, 0.1) is 0 Å². The van der Waals surface area contributed by atoms with Crippen LogP contribution in [-0.2, 0) is 14.3 Å². The van der Waals surface area contributed by atoms with Crippen LogP contribution in [0.3, 0.4) is 0 Å². The van der Waals surface area contributed by atoms with Gasteiger partial charge in [0.25, 0.3) is 5.91 Å². The van der Waals surface area contributed by atoms with Gasteiger partial charge in [0.2, 0.25) is 0 Å². The number of carbonyl (C=O) groups excluding carboxylic acids is 1. The van der Waals surface area contributed by atoms with Crippen LogP contribution in [0.25, 0.3) is 0 Å². The largest absolute Gasteiger partial charge is 0.381 e. The van der Waals surface area contributed by atoms with Crippen LogP contribution in [-0.4, -0.2) is 56.0 Å². The number of hydrogen-bond acceptors (Lipinski definition) is 5. The summed E-state index contributed by atoms with van der Waals surface area (Å²) in [7, 11) is 0. The van der Waals surface area contributed by atoms with Gasteiger partial charge in [-0.1, -0.05) is 0 Å². The summed E-state index contributed by atoms with van der Waals surface area (Å²) in [5, 5.41) is 1.87. The van der Waals surface area contributed by atoms with E-state index >= 15 is 0 Å². The van der Waals surface area contributed by atoms with Crippen LogP contribution < -0.4 is 11.2 Å². The number of hydrazine groups is 1. The number of ether oxygens (including phenoxy) is 2. The molecule has 0 radical (unpaired) electrons. The van der Waals surface area contributed by atoms with Crippen LogP contribution in [0.2, 0.25) is 0 Å². The molecule has 16 heavy (non-hydrogen) atoms. The standard InChI is InChI=1S/C10H19N3O3/c11-10(1-5-15-6-2-10)9(14)12-13-3-7-16-8-4-13/h1-8,11H2,(H,12,14). The predicted molar refractivity (Wildman–Crippen MR) is 57.5 cm³/mol. The van der Waals surface area contributed by atoms with Crippen molar-refractivity contribution in [1.82, 2.24) is 10.4 Å². The fraction of sp³-hybridized carbons (Fsp3) is 0.900. The summed E-state index contributed by atoms with van der Waals surface area (Å²) in [6, 6.07) is 0. The summed E-state index contributed by atoms with van der Waals surface area (Å²) in [6.45, 7) is 3.87. The first-order valence-electron chi connectivity index (χ1n) is 5.71. The van der Waals surface area contributed by atoms with Crippen molar-refractivity contribution in [2.75, 3.05) is 39.5 Å². The van der Waals surface area contributed by atoms with Crippen molar-refractivity contribution < 1.29 is 14.3 Å². The van der Waals surface area contributed by atoms with Crippen LogP contribution in [0.15, 0.2) is 0 Å². The van der Waals surface area contributed by atoms with Crippen molar-refractivity contribution >= 4 is 5.91 Å². The molecule has 2 fully saturated rings. The van der Waals surface area contributed by atoms with Gasteiger partial charge in [-0.05, 0) is 12.8 Å². The van der Waals surface area contributed by atoms with Gasteiger partial charge in [-0.15, -0.1) is 0 Å². The van der Waals surface area contributed by atoms with E-state index in [1.54, 1.807) is 0 Å². The second-order valence-electron chi connectivity index (χ2n) is 4.31. The van der Waals surface area contributed by atoms with Crippen LogP contribution >= 0.6 is 0 Å². The average Bonchev–Trinajstić information content (AvgIpc) is 2.31. The van der Waals surface area contributed by atoms with Gasteiger partial charge in [0.15, 0.2) is 0 Å². The molecular weight excluding hydrogens is 210 g/mol. The molecule has 6 heteroatoms. The maximum Gasteiger partial charge on any atom is 0.254 e. The summed E-state index contributed by atoms with van der Waals surface area (Å²) < 4.78 is 10.4. The lowest BCUT2D eigenvalue weighted by molar-refractivity contribution is -0.136. The third kappa shape index (κ3) is 2.70. The molecule has 0 saturated carbocycles. The fourth-order valence-electron chi connectivity index (χ4n) is 1.89. The molecular formula is C10H19N3O3. The van der Waals surface area contributed by atoms with E-state index in [1.807, 2.05) is 5.01 Å². The Hall–Kier alpha value is -0.690. The number of rotatable bonds is 2. The molecule has 0 aliphatic carbocycles. The third-order valence-electron chi connectivity index (χ3n) is 3.11. The van der Waals surface area contributed by atoms with Gasteiger partial charge in [0.1, 0.15) is 5.54 Å². The minimum Gasteiger partial charge on any atom is -0.381 e. The molecule has 0 aromatic carbocycles. The van der Waals surface area contributed by atoms with E-state index in [4.69, 9.17) is 15.2 Å². The Kier molecular flexibility index (Phi) is 3.75. The Labute approximate surface area is 95.0 Å². The summed E-state index contributed by atoms with van der Waals surface area (Å²) in [5.74, 6) is -0.0994.